The Kier molecular flexibility index (Phi) is 6.72. The fourth-order valence-electron chi connectivity index (χ4n) is 2.95. The van der Waals surface area contributed by atoms with E-state index in [4.69, 9.17) is 20.3 Å². The molecule has 1 saturated heterocycles. The smallest absolute Gasteiger partial charge is 0.385 e. The monoisotopic (exact) mass is 520 g/mol. The van der Waals surface area contributed by atoms with Gasteiger partial charge in [-0.25, -0.2) is 23.7 Å². The molecule has 1 fully saturated rings. The van der Waals surface area contributed by atoms with Crippen molar-refractivity contribution >= 4 is 40.3 Å². The Hall–Kier alpha value is -1.29. The molecule has 2 aromatic heterocycles. The van der Waals surface area contributed by atoms with Gasteiger partial charge in [0, 0.05) is 6.20 Å². The molecule has 2 aromatic rings. The van der Waals surface area contributed by atoms with Crippen LogP contribution in [0.1, 0.15) is 13.2 Å². The van der Waals surface area contributed by atoms with Gasteiger partial charge in [-0.1, -0.05) is 0 Å². The molecule has 0 saturated carbocycles. The molecule has 0 aromatic carbocycles. The number of fused-ring (bicyclic) bond motifs is 1. The standard InChI is InChI=1S/C12H19N4O13P3/c1-12(18)7(4-26-31(22,23)29-32(24,25)28-30(19,20)21)27-11(8(12)17)16-3-2-6-9(13)14-5-15-10(6)16/h2-3,5,7-8,11,17-18H,4H2,1H3,(H,22,23)(H,24,25)(H2,13,14,15)(H2,19,20,21)/t7-,8+,11-,12+/m1/s1. The van der Waals surface area contributed by atoms with E-state index in [-0.39, 0.29) is 11.5 Å². The van der Waals surface area contributed by atoms with E-state index >= 15 is 0 Å². The molecule has 17 nitrogen and oxygen atoms in total. The Bertz CT molecular complexity index is 1150. The number of aliphatic hydroxyl groups excluding tert-OH is 1. The third kappa shape index (κ3) is 5.43. The summed E-state index contributed by atoms with van der Waals surface area (Å²) in [5.41, 5.74) is 3.95. The molecule has 3 rings (SSSR count). The largest absolute Gasteiger partial charge is 0.490 e. The zero-order valence-electron chi connectivity index (χ0n) is 16.0. The molecular formula is C12H19N4O13P3. The van der Waals surface area contributed by atoms with E-state index in [9.17, 15) is 33.7 Å². The van der Waals surface area contributed by atoms with E-state index in [1.807, 2.05) is 0 Å². The van der Waals surface area contributed by atoms with Crippen molar-refractivity contribution in [2.45, 2.75) is 31.0 Å². The van der Waals surface area contributed by atoms with Crippen LogP contribution in [-0.4, -0.2) is 68.7 Å². The number of phosphoric ester groups is 1. The first-order valence-electron chi connectivity index (χ1n) is 8.44. The van der Waals surface area contributed by atoms with Crippen LogP contribution in [0, 0.1) is 0 Å². The molecule has 6 atom stereocenters. The van der Waals surface area contributed by atoms with Crippen LogP contribution in [-0.2, 0) is 31.6 Å². The summed E-state index contributed by atoms with van der Waals surface area (Å²) < 4.78 is 52.5. The maximum Gasteiger partial charge on any atom is 0.490 e. The number of hydrogen-bond donors (Lipinski definition) is 7. The van der Waals surface area contributed by atoms with Crippen LogP contribution in [0.4, 0.5) is 5.82 Å². The highest BCUT2D eigenvalue weighted by atomic mass is 31.3. The summed E-state index contributed by atoms with van der Waals surface area (Å²) in [5, 5.41) is 21.6. The highest BCUT2D eigenvalue weighted by molar-refractivity contribution is 7.66. The predicted octanol–water partition coefficient (Wildman–Crippen LogP) is -0.634. The Labute approximate surface area is 178 Å². The molecule has 0 bridgehead atoms. The summed E-state index contributed by atoms with van der Waals surface area (Å²) in [7, 11) is -16.7. The molecule has 32 heavy (non-hydrogen) atoms. The summed E-state index contributed by atoms with van der Waals surface area (Å²) in [6.45, 7) is 0.179. The molecule has 1 aliphatic heterocycles. The molecule has 8 N–H and O–H groups in total. The van der Waals surface area contributed by atoms with Crippen molar-refractivity contribution in [2.24, 2.45) is 0 Å². The Balaban J connectivity index is 1.75. The van der Waals surface area contributed by atoms with E-state index in [0.717, 1.165) is 6.92 Å². The van der Waals surface area contributed by atoms with Crippen molar-refractivity contribution in [1.82, 2.24) is 14.5 Å². The number of hydrogen-bond acceptors (Lipinski definition) is 12. The van der Waals surface area contributed by atoms with Crippen LogP contribution in [0.5, 0.6) is 0 Å². The Morgan fingerprint density at radius 3 is 2.47 bits per heavy atom. The first-order valence-corrected chi connectivity index (χ1v) is 13.0. The van der Waals surface area contributed by atoms with Crippen LogP contribution < -0.4 is 5.73 Å². The number of ether oxygens (including phenoxy) is 1. The lowest BCUT2D eigenvalue weighted by molar-refractivity contribution is -0.0791. The van der Waals surface area contributed by atoms with Crippen molar-refractivity contribution in [3.05, 3.63) is 18.6 Å². The van der Waals surface area contributed by atoms with Crippen molar-refractivity contribution in [3.63, 3.8) is 0 Å². The zero-order chi connectivity index (χ0) is 24.1. The molecule has 2 unspecified atom stereocenters. The van der Waals surface area contributed by atoms with Crippen LogP contribution in [0.3, 0.4) is 0 Å². The number of aliphatic hydroxyl groups is 2. The van der Waals surface area contributed by atoms with E-state index in [0.29, 0.717) is 5.39 Å². The van der Waals surface area contributed by atoms with Gasteiger partial charge in [0.1, 0.15) is 35.6 Å². The lowest BCUT2D eigenvalue weighted by Crippen LogP contribution is -2.46. The average Bonchev–Trinajstić information content (AvgIpc) is 3.11. The van der Waals surface area contributed by atoms with Crippen LogP contribution in [0.15, 0.2) is 18.6 Å². The predicted molar refractivity (Wildman–Crippen MR) is 102 cm³/mol. The fourth-order valence-corrected chi connectivity index (χ4v) is 5.96. The van der Waals surface area contributed by atoms with E-state index in [2.05, 4.69) is 23.1 Å². The van der Waals surface area contributed by atoms with Gasteiger partial charge in [-0.2, -0.15) is 8.62 Å². The third-order valence-electron chi connectivity index (χ3n) is 4.44. The lowest BCUT2D eigenvalue weighted by Gasteiger charge is -2.26. The number of phosphoric acid groups is 3. The molecule has 1 aliphatic rings. The van der Waals surface area contributed by atoms with Gasteiger partial charge >= 0.3 is 23.5 Å². The third-order valence-corrected chi connectivity index (χ3v) is 8.25. The van der Waals surface area contributed by atoms with Gasteiger partial charge in [0.05, 0.1) is 12.0 Å². The van der Waals surface area contributed by atoms with E-state index in [1.165, 1.54) is 23.2 Å². The number of nitrogens with zero attached hydrogens (tertiary/aromatic N) is 3. The normalized spacial score (nSPS) is 30.3. The fraction of sp³-hybridized carbons (Fsp3) is 0.500. The Morgan fingerprint density at radius 1 is 1.19 bits per heavy atom. The Morgan fingerprint density at radius 2 is 1.84 bits per heavy atom. The molecule has 0 aliphatic carbocycles. The first-order chi connectivity index (χ1) is 14.5. The summed E-state index contributed by atoms with van der Waals surface area (Å²) in [5.74, 6) is 0.150. The highest BCUT2D eigenvalue weighted by Gasteiger charge is 2.54. The number of nitrogens with two attached hydrogens (primary N) is 1. The van der Waals surface area contributed by atoms with Crippen LogP contribution in [0.25, 0.3) is 11.0 Å². The minimum absolute atomic E-state index is 0.150. The van der Waals surface area contributed by atoms with Crippen molar-refractivity contribution in [3.8, 4) is 0 Å². The summed E-state index contributed by atoms with van der Waals surface area (Å²) >= 11 is 0. The van der Waals surface area contributed by atoms with E-state index < -0.39 is 54.1 Å². The zero-order valence-corrected chi connectivity index (χ0v) is 18.7. The molecule has 0 spiro atoms. The molecule has 20 heteroatoms. The minimum atomic E-state index is -5.71. The number of anilines is 1. The van der Waals surface area contributed by atoms with Crippen molar-refractivity contribution in [2.75, 3.05) is 12.3 Å². The van der Waals surface area contributed by atoms with Gasteiger partial charge in [0.25, 0.3) is 0 Å². The minimum Gasteiger partial charge on any atom is -0.385 e. The maximum atomic E-state index is 11.9. The van der Waals surface area contributed by atoms with Crippen molar-refractivity contribution in [1.29, 1.82) is 0 Å². The lowest BCUT2D eigenvalue weighted by atomic mass is 9.95. The first kappa shape index (κ1) is 25.3. The molecule has 180 valence electrons. The second-order valence-corrected chi connectivity index (χ2v) is 11.2. The molecule has 3 heterocycles. The second kappa shape index (κ2) is 8.49. The average molecular weight is 520 g/mol. The van der Waals surface area contributed by atoms with Crippen LogP contribution in [0.2, 0.25) is 0 Å². The van der Waals surface area contributed by atoms with Gasteiger partial charge in [-0.15, -0.1) is 0 Å². The molecule has 0 amide bonds. The van der Waals surface area contributed by atoms with Gasteiger partial charge in [0.2, 0.25) is 0 Å². The molecular weight excluding hydrogens is 501 g/mol. The van der Waals surface area contributed by atoms with Crippen molar-refractivity contribution < 1.29 is 61.4 Å². The highest BCUT2D eigenvalue weighted by Crippen LogP contribution is 2.66. The molecule has 0 radical (unpaired) electrons. The summed E-state index contributed by atoms with van der Waals surface area (Å²) in [6, 6.07) is 1.54. The number of aromatic nitrogens is 3. The SMILES string of the molecule is C[C@]1(O)[C@@H](COP(=O)(O)OP(=O)(O)OP(=O)(O)O)O[C@@H](n2ccc3c(N)ncnc32)[C@@H]1O. The topological polar surface area (TPSA) is 266 Å². The van der Waals surface area contributed by atoms with Gasteiger partial charge < -0.3 is 44.8 Å². The second-order valence-electron chi connectivity index (χ2n) is 6.79. The van der Waals surface area contributed by atoms with Gasteiger partial charge in [-0.3, -0.25) is 4.52 Å². The summed E-state index contributed by atoms with van der Waals surface area (Å²) in [6.07, 6.45) is -1.73. The summed E-state index contributed by atoms with van der Waals surface area (Å²) in [4.78, 5) is 43.7. The van der Waals surface area contributed by atoms with Crippen LogP contribution >= 0.6 is 23.5 Å². The van der Waals surface area contributed by atoms with E-state index in [1.54, 1.807) is 0 Å². The number of nitrogen functional groups attached to an aromatic ring is 1. The quantitative estimate of drug-likeness (QED) is 0.213. The van der Waals surface area contributed by atoms with Gasteiger partial charge in [0.15, 0.2) is 6.23 Å². The maximum absolute atomic E-state index is 11.9. The van der Waals surface area contributed by atoms with Gasteiger partial charge in [-0.05, 0) is 13.0 Å². The number of rotatable bonds is 8.